The van der Waals surface area contributed by atoms with E-state index in [0.29, 0.717) is 16.4 Å². The highest BCUT2D eigenvalue weighted by molar-refractivity contribution is 7.14. The molecule has 3 heterocycles. The van der Waals surface area contributed by atoms with E-state index in [2.05, 4.69) is 27.4 Å². The molecule has 0 spiro atoms. The van der Waals surface area contributed by atoms with Gasteiger partial charge in [0.15, 0.2) is 16.6 Å². The van der Waals surface area contributed by atoms with Gasteiger partial charge in [-0.3, -0.25) is 10.1 Å². The number of carbonyl (C=O) groups is 1. The highest BCUT2D eigenvalue weighted by Gasteiger charge is 2.16. The maximum atomic E-state index is 12.5. The van der Waals surface area contributed by atoms with Gasteiger partial charge in [-0.05, 0) is 42.5 Å². The van der Waals surface area contributed by atoms with Crippen LogP contribution < -0.4 is 19.7 Å². The molecular formula is C21H17N3O3S. The molecule has 0 atom stereocenters. The van der Waals surface area contributed by atoms with Crippen molar-refractivity contribution in [2.45, 2.75) is 0 Å². The average Bonchev–Trinajstić information content (AvgIpc) is 3.48. The molecule has 0 aliphatic carbocycles. The van der Waals surface area contributed by atoms with Crippen LogP contribution in [0.5, 0.6) is 11.5 Å². The third kappa shape index (κ3) is 3.20. The molecule has 140 valence electrons. The zero-order chi connectivity index (χ0) is 18.9. The monoisotopic (exact) mass is 391 g/mol. The van der Waals surface area contributed by atoms with E-state index in [0.717, 1.165) is 35.8 Å². The summed E-state index contributed by atoms with van der Waals surface area (Å²) in [5.41, 5.74) is 3.43. The van der Waals surface area contributed by atoms with E-state index in [-0.39, 0.29) is 12.7 Å². The van der Waals surface area contributed by atoms with Gasteiger partial charge in [-0.2, -0.15) is 0 Å². The minimum Gasteiger partial charge on any atom is -0.454 e. The number of anilines is 2. The van der Waals surface area contributed by atoms with Crippen LogP contribution >= 0.6 is 11.3 Å². The Morgan fingerprint density at radius 3 is 2.64 bits per heavy atom. The molecule has 6 nitrogen and oxygen atoms in total. The Morgan fingerprint density at radius 2 is 1.82 bits per heavy atom. The maximum Gasteiger partial charge on any atom is 0.257 e. The molecule has 1 N–H and O–H groups in total. The lowest BCUT2D eigenvalue weighted by molar-refractivity contribution is 0.102. The maximum absolute atomic E-state index is 12.5. The van der Waals surface area contributed by atoms with Crippen LogP contribution in [0.15, 0.2) is 60.0 Å². The van der Waals surface area contributed by atoms with Crippen molar-refractivity contribution in [2.24, 2.45) is 0 Å². The van der Waals surface area contributed by atoms with Gasteiger partial charge < -0.3 is 14.4 Å². The van der Waals surface area contributed by atoms with Crippen LogP contribution in [0.25, 0.3) is 11.3 Å². The molecule has 0 bridgehead atoms. The first-order valence-electron chi connectivity index (χ1n) is 8.93. The number of ether oxygens (including phenoxy) is 2. The smallest absolute Gasteiger partial charge is 0.257 e. The van der Waals surface area contributed by atoms with Crippen LogP contribution in [0.3, 0.4) is 0 Å². The SMILES string of the molecule is O=C(Nc1nc(-c2ccc3c(c2)OCO3)cs1)c1ccc(N2CC=CC2)cc1. The van der Waals surface area contributed by atoms with Gasteiger partial charge in [-0.15, -0.1) is 11.3 Å². The number of benzene rings is 2. The van der Waals surface area contributed by atoms with Crippen LogP contribution in [0, 0.1) is 0 Å². The van der Waals surface area contributed by atoms with Crippen molar-refractivity contribution in [3.8, 4) is 22.8 Å². The van der Waals surface area contributed by atoms with Gasteiger partial charge in [-0.25, -0.2) is 4.98 Å². The molecule has 0 fully saturated rings. The fourth-order valence-electron chi connectivity index (χ4n) is 3.20. The van der Waals surface area contributed by atoms with Crippen LogP contribution in [0.2, 0.25) is 0 Å². The second kappa shape index (κ2) is 7.01. The molecule has 28 heavy (non-hydrogen) atoms. The first-order valence-corrected chi connectivity index (χ1v) is 9.81. The summed E-state index contributed by atoms with van der Waals surface area (Å²) in [7, 11) is 0. The van der Waals surface area contributed by atoms with E-state index in [4.69, 9.17) is 9.47 Å². The van der Waals surface area contributed by atoms with Gasteiger partial charge in [0.1, 0.15) is 0 Å². The van der Waals surface area contributed by atoms with Crippen molar-refractivity contribution in [2.75, 3.05) is 30.1 Å². The number of aromatic nitrogens is 1. The van der Waals surface area contributed by atoms with E-state index < -0.39 is 0 Å². The van der Waals surface area contributed by atoms with E-state index in [9.17, 15) is 4.79 Å². The molecule has 2 aliphatic heterocycles. The summed E-state index contributed by atoms with van der Waals surface area (Å²) in [6, 6.07) is 13.3. The summed E-state index contributed by atoms with van der Waals surface area (Å²) in [5.74, 6) is 1.28. The van der Waals surface area contributed by atoms with Crippen LogP contribution in [0.4, 0.5) is 10.8 Å². The highest BCUT2D eigenvalue weighted by Crippen LogP contribution is 2.36. The van der Waals surface area contributed by atoms with Gasteiger partial charge in [0.2, 0.25) is 6.79 Å². The molecule has 0 radical (unpaired) electrons. The molecule has 2 aromatic carbocycles. The Balaban J connectivity index is 1.28. The van der Waals surface area contributed by atoms with Crippen LogP contribution in [-0.4, -0.2) is 30.8 Å². The zero-order valence-corrected chi connectivity index (χ0v) is 15.7. The zero-order valence-electron chi connectivity index (χ0n) is 14.9. The number of rotatable bonds is 4. The normalized spacial score (nSPS) is 14.5. The highest BCUT2D eigenvalue weighted by atomic mass is 32.1. The fraction of sp³-hybridized carbons (Fsp3) is 0.143. The molecule has 2 aliphatic rings. The van der Waals surface area contributed by atoms with Gasteiger partial charge in [-0.1, -0.05) is 12.2 Å². The number of nitrogens with zero attached hydrogens (tertiary/aromatic N) is 2. The number of amides is 1. The lowest BCUT2D eigenvalue weighted by Crippen LogP contribution is -2.18. The second-order valence-corrected chi connectivity index (χ2v) is 7.34. The Hall–Kier alpha value is -3.32. The van der Waals surface area contributed by atoms with Crippen molar-refractivity contribution in [1.29, 1.82) is 0 Å². The first kappa shape index (κ1) is 16.8. The van der Waals surface area contributed by atoms with Gasteiger partial charge in [0.25, 0.3) is 5.91 Å². The largest absolute Gasteiger partial charge is 0.454 e. The molecule has 0 saturated carbocycles. The molecule has 0 unspecified atom stereocenters. The molecular weight excluding hydrogens is 374 g/mol. The molecule has 5 rings (SSSR count). The predicted molar refractivity (Wildman–Crippen MR) is 109 cm³/mol. The number of fused-ring (bicyclic) bond motifs is 1. The Labute approximate surface area is 166 Å². The third-order valence-electron chi connectivity index (χ3n) is 4.71. The lowest BCUT2D eigenvalue weighted by atomic mass is 10.1. The molecule has 0 saturated heterocycles. The Kier molecular flexibility index (Phi) is 4.21. The number of hydrogen-bond acceptors (Lipinski definition) is 6. The quantitative estimate of drug-likeness (QED) is 0.677. The van der Waals surface area contributed by atoms with Crippen molar-refractivity contribution in [3.63, 3.8) is 0 Å². The fourth-order valence-corrected chi connectivity index (χ4v) is 3.92. The predicted octanol–water partition coefficient (Wildman–Crippen LogP) is 4.17. The molecule has 1 aromatic heterocycles. The topological polar surface area (TPSA) is 63.7 Å². The van der Waals surface area contributed by atoms with Crippen LogP contribution in [0.1, 0.15) is 10.4 Å². The number of nitrogens with one attached hydrogen (secondary N) is 1. The summed E-state index contributed by atoms with van der Waals surface area (Å²) in [6.07, 6.45) is 4.28. The van der Waals surface area contributed by atoms with Gasteiger partial charge in [0, 0.05) is 35.3 Å². The second-order valence-electron chi connectivity index (χ2n) is 6.48. The van der Waals surface area contributed by atoms with E-state index in [1.807, 2.05) is 47.8 Å². The van der Waals surface area contributed by atoms with E-state index in [1.165, 1.54) is 11.3 Å². The summed E-state index contributed by atoms with van der Waals surface area (Å²) in [5, 5.41) is 5.35. The van der Waals surface area contributed by atoms with Crippen molar-refractivity contribution < 1.29 is 14.3 Å². The van der Waals surface area contributed by atoms with Crippen molar-refractivity contribution in [3.05, 3.63) is 65.6 Å². The average molecular weight is 391 g/mol. The minimum absolute atomic E-state index is 0.169. The summed E-state index contributed by atoms with van der Waals surface area (Å²) < 4.78 is 10.7. The lowest BCUT2D eigenvalue weighted by Gasteiger charge is -2.17. The Bertz CT molecular complexity index is 1050. The molecule has 1 amide bonds. The number of hydrogen-bond donors (Lipinski definition) is 1. The molecule has 3 aromatic rings. The standard InChI is InChI=1S/C21H17N3O3S/c25-20(14-3-6-16(7-4-14)24-9-1-2-10-24)23-21-22-17(12-28-21)15-5-8-18-19(11-15)27-13-26-18/h1-8,11-12H,9-10,13H2,(H,22,23,25). The van der Waals surface area contributed by atoms with Crippen molar-refractivity contribution >= 4 is 28.1 Å². The van der Waals surface area contributed by atoms with Crippen molar-refractivity contribution in [1.82, 2.24) is 4.98 Å². The number of thiazole rings is 1. The Morgan fingerprint density at radius 1 is 1.04 bits per heavy atom. The van der Waals surface area contributed by atoms with Crippen LogP contribution in [-0.2, 0) is 0 Å². The van der Waals surface area contributed by atoms with E-state index in [1.54, 1.807) is 0 Å². The van der Waals surface area contributed by atoms with E-state index >= 15 is 0 Å². The summed E-state index contributed by atoms with van der Waals surface area (Å²) in [4.78, 5) is 19.3. The first-order chi connectivity index (χ1) is 13.8. The summed E-state index contributed by atoms with van der Waals surface area (Å²) in [6.45, 7) is 2.06. The number of carbonyl (C=O) groups excluding carboxylic acids is 1. The minimum atomic E-state index is -0.169. The summed E-state index contributed by atoms with van der Waals surface area (Å²) >= 11 is 1.39. The van der Waals surface area contributed by atoms with Gasteiger partial charge in [0.05, 0.1) is 5.69 Å². The third-order valence-corrected chi connectivity index (χ3v) is 5.46. The molecule has 7 heteroatoms. The van der Waals surface area contributed by atoms with Gasteiger partial charge >= 0.3 is 0 Å².